The fourth-order valence-corrected chi connectivity index (χ4v) is 4.41. The van der Waals surface area contributed by atoms with Crippen LogP contribution in [0, 0.1) is 6.92 Å². The second-order valence-corrected chi connectivity index (χ2v) is 9.47. The fraction of sp³-hybridized carbons (Fsp3) is 0.571. The number of piperidine rings is 1. The molecule has 2 saturated heterocycles. The summed E-state index contributed by atoms with van der Waals surface area (Å²) < 4.78 is 5.60. The summed E-state index contributed by atoms with van der Waals surface area (Å²) in [5, 5.41) is 13.4. The number of rotatable bonds is 5. The molecule has 32 heavy (non-hydrogen) atoms. The molecule has 2 fully saturated rings. The number of anilines is 3. The SMILES string of the molecule is Cc1cc(Nc2cc(C(N)=O)nc(N[C@@H]3C[C@H]4CC[C@@H](C3)N4C(=O)OC(C)(C)C)n2)n[nH]1. The third-order valence-electron chi connectivity index (χ3n) is 5.61. The van der Waals surface area contributed by atoms with Gasteiger partial charge in [0, 0.05) is 36.0 Å². The van der Waals surface area contributed by atoms with Gasteiger partial charge in [-0.05, 0) is 53.4 Å². The van der Waals surface area contributed by atoms with E-state index >= 15 is 0 Å². The van der Waals surface area contributed by atoms with Crippen LogP contribution in [0.4, 0.5) is 22.4 Å². The van der Waals surface area contributed by atoms with Crippen molar-refractivity contribution in [3.8, 4) is 0 Å². The van der Waals surface area contributed by atoms with E-state index in [1.54, 1.807) is 0 Å². The maximum atomic E-state index is 12.7. The highest BCUT2D eigenvalue weighted by atomic mass is 16.6. The van der Waals surface area contributed by atoms with Crippen molar-refractivity contribution in [2.24, 2.45) is 5.73 Å². The summed E-state index contributed by atoms with van der Waals surface area (Å²) in [4.78, 5) is 35.1. The molecule has 3 atom stereocenters. The Morgan fingerprint density at radius 3 is 2.41 bits per heavy atom. The Bertz CT molecular complexity index is 1000. The first-order valence-electron chi connectivity index (χ1n) is 10.8. The summed E-state index contributed by atoms with van der Waals surface area (Å²) >= 11 is 0. The minimum atomic E-state index is -0.642. The first-order chi connectivity index (χ1) is 15.1. The fourth-order valence-electron chi connectivity index (χ4n) is 4.41. The maximum absolute atomic E-state index is 12.7. The van der Waals surface area contributed by atoms with E-state index in [1.165, 1.54) is 6.07 Å². The Labute approximate surface area is 186 Å². The van der Waals surface area contributed by atoms with Gasteiger partial charge < -0.3 is 26.0 Å². The van der Waals surface area contributed by atoms with Crippen molar-refractivity contribution in [2.75, 3.05) is 10.6 Å². The van der Waals surface area contributed by atoms with E-state index in [2.05, 4.69) is 30.8 Å². The number of nitrogens with one attached hydrogen (secondary N) is 3. The number of aryl methyl sites for hydroxylation is 1. The lowest BCUT2D eigenvalue weighted by Crippen LogP contribution is -2.51. The third kappa shape index (κ3) is 4.92. The Kier molecular flexibility index (Phi) is 5.66. The summed E-state index contributed by atoms with van der Waals surface area (Å²) in [6.45, 7) is 7.51. The monoisotopic (exact) mass is 442 g/mol. The number of carbonyl (C=O) groups excluding carboxylic acids is 2. The predicted octanol–water partition coefficient (Wildman–Crippen LogP) is 2.69. The van der Waals surface area contributed by atoms with Crippen LogP contribution in [-0.4, -0.2) is 60.8 Å². The molecule has 2 amide bonds. The van der Waals surface area contributed by atoms with Crippen molar-refractivity contribution in [1.82, 2.24) is 25.1 Å². The average molecular weight is 443 g/mol. The first kappa shape index (κ1) is 21.8. The second kappa shape index (κ2) is 8.29. The minimum absolute atomic E-state index is 0.0646. The number of aromatic amines is 1. The second-order valence-electron chi connectivity index (χ2n) is 9.47. The zero-order valence-electron chi connectivity index (χ0n) is 18.8. The molecule has 2 bridgehead atoms. The van der Waals surface area contributed by atoms with Crippen molar-refractivity contribution in [3.05, 3.63) is 23.5 Å². The van der Waals surface area contributed by atoms with E-state index in [-0.39, 0.29) is 29.9 Å². The number of carbonyl (C=O) groups is 2. The highest BCUT2D eigenvalue weighted by Gasteiger charge is 2.45. The molecule has 11 heteroatoms. The number of ether oxygens (including phenoxy) is 1. The summed E-state index contributed by atoms with van der Waals surface area (Å²) in [6, 6.07) is 3.58. The summed E-state index contributed by atoms with van der Waals surface area (Å²) in [6.07, 6.45) is 3.13. The number of H-pyrrole nitrogens is 1. The smallest absolute Gasteiger partial charge is 0.410 e. The molecule has 4 heterocycles. The van der Waals surface area contributed by atoms with E-state index in [1.807, 2.05) is 38.7 Å². The molecule has 5 N–H and O–H groups in total. The largest absolute Gasteiger partial charge is 0.444 e. The highest BCUT2D eigenvalue weighted by Crippen LogP contribution is 2.37. The van der Waals surface area contributed by atoms with Gasteiger partial charge in [-0.1, -0.05) is 0 Å². The number of nitrogens with zero attached hydrogens (tertiary/aromatic N) is 4. The van der Waals surface area contributed by atoms with Crippen molar-refractivity contribution < 1.29 is 14.3 Å². The first-order valence-corrected chi connectivity index (χ1v) is 10.8. The van der Waals surface area contributed by atoms with Gasteiger partial charge in [-0.25, -0.2) is 9.78 Å². The molecule has 0 saturated carbocycles. The van der Waals surface area contributed by atoms with E-state index in [0.717, 1.165) is 31.4 Å². The summed E-state index contributed by atoms with van der Waals surface area (Å²) in [5.74, 6) is 0.658. The lowest BCUT2D eigenvalue weighted by Gasteiger charge is -2.39. The van der Waals surface area contributed by atoms with Crippen LogP contribution in [0.1, 0.15) is 62.6 Å². The van der Waals surface area contributed by atoms with E-state index in [9.17, 15) is 9.59 Å². The van der Waals surface area contributed by atoms with Crippen LogP contribution in [-0.2, 0) is 4.74 Å². The van der Waals surface area contributed by atoms with Crippen molar-refractivity contribution in [3.63, 3.8) is 0 Å². The van der Waals surface area contributed by atoms with Crippen LogP contribution in [0.25, 0.3) is 0 Å². The summed E-state index contributed by atoms with van der Waals surface area (Å²) in [7, 11) is 0. The van der Waals surface area contributed by atoms with E-state index in [0.29, 0.717) is 17.6 Å². The normalized spacial score (nSPS) is 22.5. The lowest BCUT2D eigenvalue weighted by molar-refractivity contribution is 0.00680. The Hall–Kier alpha value is -3.37. The van der Waals surface area contributed by atoms with Gasteiger partial charge in [0.25, 0.3) is 5.91 Å². The number of hydrogen-bond acceptors (Lipinski definition) is 8. The van der Waals surface area contributed by atoms with Gasteiger partial charge in [0.1, 0.15) is 17.1 Å². The Morgan fingerprint density at radius 2 is 1.84 bits per heavy atom. The summed E-state index contributed by atoms with van der Waals surface area (Å²) in [5.41, 5.74) is 5.94. The zero-order chi connectivity index (χ0) is 23.0. The molecule has 11 nitrogen and oxygen atoms in total. The Morgan fingerprint density at radius 1 is 1.16 bits per heavy atom. The van der Waals surface area contributed by atoms with Crippen LogP contribution in [0.2, 0.25) is 0 Å². The quantitative estimate of drug-likeness (QED) is 0.552. The lowest BCUT2D eigenvalue weighted by atomic mass is 9.98. The third-order valence-corrected chi connectivity index (χ3v) is 5.61. The van der Waals surface area contributed by atoms with E-state index < -0.39 is 11.5 Å². The molecule has 0 aromatic carbocycles. The number of primary amides is 1. The van der Waals surface area contributed by atoms with Crippen LogP contribution in [0.3, 0.4) is 0 Å². The number of nitrogens with two attached hydrogens (primary N) is 1. The molecule has 0 radical (unpaired) electrons. The zero-order valence-corrected chi connectivity index (χ0v) is 18.8. The van der Waals surface area contributed by atoms with Gasteiger partial charge in [-0.15, -0.1) is 0 Å². The Balaban J connectivity index is 1.47. The highest BCUT2D eigenvalue weighted by molar-refractivity contribution is 5.92. The number of amides is 2. The molecule has 0 unspecified atom stereocenters. The molecular weight excluding hydrogens is 412 g/mol. The molecular formula is C21H30N8O3. The van der Waals surface area contributed by atoms with Crippen LogP contribution >= 0.6 is 0 Å². The molecule has 2 aliphatic rings. The maximum Gasteiger partial charge on any atom is 0.410 e. The molecule has 0 aliphatic carbocycles. The predicted molar refractivity (Wildman–Crippen MR) is 119 cm³/mol. The molecule has 2 aromatic heterocycles. The number of aromatic nitrogens is 4. The molecule has 2 aromatic rings. The topological polar surface area (TPSA) is 151 Å². The van der Waals surface area contributed by atoms with Gasteiger partial charge in [-0.2, -0.15) is 10.1 Å². The van der Waals surface area contributed by atoms with Gasteiger partial charge in [0.2, 0.25) is 5.95 Å². The molecule has 2 aliphatic heterocycles. The standard InChI is InChI=1S/C21H30N8O3/c1-11-7-17(28-27-11)25-16-10-15(18(22)30)24-19(26-16)23-12-8-13-5-6-14(9-12)29(13)20(31)32-21(2,3)4/h7,10,12-14H,5-6,8-9H2,1-4H3,(H2,22,30)(H3,23,24,25,26,27,28)/t12-,13-,14+. The van der Waals surface area contributed by atoms with E-state index in [4.69, 9.17) is 10.5 Å². The molecule has 172 valence electrons. The number of hydrogen-bond donors (Lipinski definition) is 4. The van der Waals surface area contributed by atoms with Gasteiger partial charge >= 0.3 is 6.09 Å². The average Bonchev–Trinajstić information content (AvgIpc) is 3.20. The van der Waals surface area contributed by atoms with Crippen molar-refractivity contribution in [1.29, 1.82) is 0 Å². The number of fused-ring (bicyclic) bond motifs is 2. The van der Waals surface area contributed by atoms with Gasteiger partial charge in [-0.3, -0.25) is 9.89 Å². The van der Waals surface area contributed by atoms with Crippen LogP contribution in [0.5, 0.6) is 0 Å². The molecule has 4 rings (SSSR count). The van der Waals surface area contributed by atoms with Gasteiger partial charge in [0.15, 0.2) is 5.82 Å². The minimum Gasteiger partial charge on any atom is -0.444 e. The van der Waals surface area contributed by atoms with Crippen LogP contribution in [0.15, 0.2) is 12.1 Å². The van der Waals surface area contributed by atoms with Crippen LogP contribution < -0.4 is 16.4 Å². The van der Waals surface area contributed by atoms with Gasteiger partial charge in [0.05, 0.1) is 0 Å². The molecule has 0 spiro atoms. The van der Waals surface area contributed by atoms with Crippen molar-refractivity contribution in [2.45, 2.75) is 77.1 Å². The van der Waals surface area contributed by atoms with Crippen molar-refractivity contribution >= 4 is 29.6 Å².